The summed E-state index contributed by atoms with van der Waals surface area (Å²) in [7, 11) is 0. The molecule has 35 heavy (non-hydrogen) atoms. The molecule has 192 valence electrons. The lowest BCUT2D eigenvalue weighted by Gasteiger charge is -2.46. The van der Waals surface area contributed by atoms with Crippen LogP contribution in [0.5, 0.6) is 5.75 Å². The number of halogens is 5. The molecule has 0 bridgehead atoms. The first-order chi connectivity index (χ1) is 16.1. The maximum absolute atomic E-state index is 13.3. The van der Waals surface area contributed by atoms with Crippen molar-refractivity contribution >= 4 is 18.3 Å². The zero-order valence-electron chi connectivity index (χ0n) is 19.3. The molecule has 2 saturated heterocycles. The van der Waals surface area contributed by atoms with Gasteiger partial charge in [0.05, 0.1) is 11.7 Å². The summed E-state index contributed by atoms with van der Waals surface area (Å²) in [5.41, 5.74) is 5.11. The monoisotopic (exact) mass is 516 g/mol. The Morgan fingerprint density at radius 2 is 1.94 bits per heavy atom. The van der Waals surface area contributed by atoms with Gasteiger partial charge in [-0.25, -0.2) is 4.39 Å². The summed E-state index contributed by atoms with van der Waals surface area (Å²) < 4.78 is 64.2. The zero-order chi connectivity index (χ0) is 24.5. The Balaban J connectivity index is 0.00000342. The van der Waals surface area contributed by atoms with Crippen LogP contribution in [0.1, 0.15) is 43.2 Å². The molecule has 2 aromatic rings. The van der Waals surface area contributed by atoms with Crippen LogP contribution in [0, 0.1) is 5.82 Å². The van der Waals surface area contributed by atoms with Crippen LogP contribution in [0.15, 0.2) is 48.5 Å². The number of likely N-dealkylation sites (tertiary alicyclic amines) is 1. The average Bonchev–Trinajstić information content (AvgIpc) is 3.27. The fourth-order valence-electron chi connectivity index (χ4n) is 4.99. The lowest BCUT2D eigenvalue weighted by Crippen LogP contribution is -2.61. The first kappa shape index (κ1) is 27.2. The predicted octanol–water partition coefficient (Wildman–Crippen LogP) is 4.93. The van der Waals surface area contributed by atoms with E-state index < -0.39 is 23.2 Å². The number of amides is 1. The maximum Gasteiger partial charge on any atom is 0.416 e. The number of carbonyl (C=O) groups is 1. The Bertz CT molecular complexity index is 1020. The fourth-order valence-corrected chi connectivity index (χ4v) is 4.99. The molecule has 4 rings (SSSR count). The molecule has 0 aromatic heterocycles. The van der Waals surface area contributed by atoms with Crippen molar-refractivity contribution in [1.82, 2.24) is 4.90 Å². The summed E-state index contributed by atoms with van der Waals surface area (Å²) in [4.78, 5) is 14.7. The number of hydrogen-bond donors (Lipinski definition) is 1. The van der Waals surface area contributed by atoms with Crippen LogP contribution in [-0.4, -0.2) is 48.3 Å². The van der Waals surface area contributed by atoms with Gasteiger partial charge in [-0.15, -0.1) is 12.4 Å². The summed E-state index contributed by atoms with van der Waals surface area (Å²) in [5, 5.41) is 0. The van der Waals surface area contributed by atoms with Crippen LogP contribution < -0.4 is 10.5 Å². The van der Waals surface area contributed by atoms with E-state index >= 15 is 0 Å². The summed E-state index contributed by atoms with van der Waals surface area (Å²) in [6.07, 6.45) is -3.76. The normalized spacial score (nSPS) is 26.1. The number of rotatable bonds is 6. The quantitative estimate of drug-likeness (QED) is 0.553. The van der Waals surface area contributed by atoms with E-state index in [0.717, 1.165) is 17.7 Å². The molecule has 2 aromatic carbocycles. The second-order valence-electron chi connectivity index (χ2n) is 9.10. The minimum atomic E-state index is -4.45. The summed E-state index contributed by atoms with van der Waals surface area (Å²) in [5.74, 6) is -0.716. The van der Waals surface area contributed by atoms with Crippen molar-refractivity contribution in [3.63, 3.8) is 0 Å². The number of hydrogen-bond acceptors (Lipinski definition) is 4. The summed E-state index contributed by atoms with van der Waals surface area (Å²) in [6, 6.07) is 11.0. The van der Waals surface area contributed by atoms with Crippen LogP contribution in [0.2, 0.25) is 0 Å². The molecule has 2 aliphatic heterocycles. The van der Waals surface area contributed by atoms with Gasteiger partial charge in [-0.05, 0) is 48.7 Å². The predicted molar refractivity (Wildman–Crippen MR) is 125 cm³/mol. The standard InChI is InChI=1S/C25H28F4N2O3.ClH/c1-16(17-5-7-19(26)8-6-17)22-14-24(23(30)32,10-12-33-22)31-11-9-21(15-31)34-20-4-2-3-18(13-20)25(27,28)29;/h2-8,13,16,21-22H,9-12,14-15H2,1H3,(H2,30,32);1H/t16-,21?,22?,24?;/m0./s1. The number of primary amides is 1. The smallest absolute Gasteiger partial charge is 0.416 e. The van der Waals surface area contributed by atoms with Crippen molar-refractivity contribution in [1.29, 1.82) is 0 Å². The van der Waals surface area contributed by atoms with Gasteiger partial charge in [0.1, 0.15) is 23.2 Å². The number of benzene rings is 2. The van der Waals surface area contributed by atoms with Gasteiger partial charge in [0, 0.05) is 32.0 Å². The van der Waals surface area contributed by atoms with Gasteiger partial charge in [0.25, 0.3) is 0 Å². The fraction of sp³-hybridized carbons (Fsp3) is 0.480. The first-order valence-corrected chi connectivity index (χ1v) is 11.3. The van der Waals surface area contributed by atoms with Crippen molar-refractivity contribution in [3.05, 3.63) is 65.5 Å². The highest BCUT2D eigenvalue weighted by atomic mass is 35.5. The highest BCUT2D eigenvalue weighted by molar-refractivity contribution is 5.85. The molecular weight excluding hydrogens is 488 g/mol. The number of nitrogens with two attached hydrogens (primary N) is 1. The molecule has 2 aliphatic rings. The van der Waals surface area contributed by atoms with E-state index in [1.165, 1.54) is 24.3 Å². The molecule has 2 fully saturated rings. The molecule has 1 amide bonds. The molecule has 2 N–H and O–H groups in total. The van der Waals surface area contributed by atoms with Crippen molar-refractivity contribution in [2.24, 2.45) is 5.73 Å². The topological polar surface area (TPSA) is 64.8 Å². The van der Waals surface area contributed by atoms with Gasteiger partial charge < -0.3 is 15.2 Å². The molecule has 0 spiro atoms. The number of alkyl halides is 3. The third kappa shape index (κ3) is 5.90. The molecule has 10 heteroatoms. The Kier molecular flexibility index (Phi) is 8.34. The molecule has 0 saturated carbocycles. The van der Waals surface area contributed by atoms with Crippen molar-refractivity contribution in [3.8, 4) is 5.75 Å². The van der Waals surface area contributed by atoms with Crippen LogP contribution in [0.25, 0.3) is 0 Å². The molecule has 5 nitrogen and oxygen atoms in total. The summed E-state index contributed by atoms with van der Waals surface area (Å²) in [6.45, 7) is 3.22. The van der Waals surface area contributed by atoms with E-state index in [-0.39, 0.29) is 42.1 Å². The van der Waals surface area contributed by atoms with Gasteiger partial charge >= 0.3 is 6.18 Å². The molecular formula is C25H29ClF4N2O3. The van der Waals surface area contributed by atoms with Crippen LogP contribution in [0.4, 0.5) is 17.6 Å². The SMILES string of the molecule is C[C@@H](c1ccc(F)cc1)C1CC(C(N)=O)(N2CCC(Oc3cccc(C(F)(F)F)c3)C2)CCO1.Cl. The summed E-state index contributed by atoms with van der Waals surface area (Å²) >= 11 is 0. The van der Waals surface area contributed by atoms with E-state index in [1.54, 1.807) is 12.1 Å². The van der Waals surface area contributed by atoms with E-state index in [9.17, 15) is 22.4 Å². The Morgan fingerprint density at radius 1 is 1.23 bits per heavy atom. The number of ether oxygens (including phenoxy) is 2. The lowest BCUT2D eigenvalue weighted by atomic mass is 9.79. The number of carbonyl (C=O) groups excluding carboxylic acids is 1. The van der Waals surface area contributed by atoms with Crippen LogP contribution >= 0.6 is 12.4 Å². The molecule has 2 heterocycles. The Morgan fingerprint density at radius 3 is 2.60 bits per heavy atom. The molecule has 4 atom stereocenters. The highest BCUT2D eigenvalue weighted by Crippen LogP contribution is 2.39. The van der Waals surface area contributed by atoms with Crippen LogP contribution in [-0.2, 0) is 15.7 Å². The van der Waals surface area contributed by atoms with Crippen LogP contribution in [0.3, 0.4) is 0 Å². The van der Waals surface area contributed by atoms with E-state index in [2.05, 4.69) is 0 Å². The maximum atomic E-state index is 13.3. The highest BCUT2D eigenvalue weighted by Gasteiger charge is 2.50. The average molecular weight is 517 g/mol. The minimum absolute atomic E-state index is 0. The third-order valence-corrected chi connectivity index (χ3v) is 7.01. The van der Waals surface area contributed by atoms with Gasteiger partial charge in [-0.3, -0.25) is 9.69 Å². The third-order valence-electron chi connectivity index (χ3n) is 7.01. The first-order valence-electron chi connectivity index (χ1n) is 11.3. The minimum Gasteiger partial charge on any atom is -0.489 e. The van der Waals surface area contributed by atoms with Gasteiger partial charge in [-0.2, -0.15) is 13.2 Å². The van der Waals surface area contributed by atoms with Crippen molar-refractivity contribution in [2.75, 3.05) is 19.7 Å². The van der Waals surface area contributed by atoms with Gasteiger partial charge in [-0.1, -0.05) is 25.1 Å². The van der Waals surface area contributed by atoms with Gasteiger partial charge in [0.2, 0.25) is 5.91 Å². The zero-order valence-corrected chi connectivity index (χ0v) is 20.1. The van der Waals surface area contributed by atoms with E-state index in [1.807, 2.05) is 11.8 Å². The van der Waals surface area contributed by atoms with Crippen molar-refractivity contribution < 1.29 is 31.8 Å². The van der Waals surface area contributed by atoms with E-state index in [4.69, 9.17) is 15.2 Å². The molecule has 3 unspecified atom stereocenters. The molecule has 0 aliphatic carbocycles. The second kappa shape index (κ2) is 10.7. The number of nitrogens with zero attached hydrogens (tertiary/aromatic N) is 1. The second-order valence-corrected chi connectivity index (χ2v) is 9.10. The van der Waals surface area contributed by atoms with Gasteiger partial charge in [0.15, 0.2) is 0 Å². The molecule has 0 radical (unpaired) electrons. The largest absolute Gasteiger partial charge is 0.489 e. The Labute approximate surface area is 208 Å². The lowest BCUT2D eigenvalue weighted by molar-refractivity contribution is -0.142. The van der Waals surface area contributed by atoms with Crippen molar-refractivity contribution in [2.45, 2.75) is 56.0 Å². The Hall–Kier alpha value is -2.36. The van der Waals surface area contributed by atoms with E-state index in [0.29, 0.717) is 39.0 Å².